The van der Waals surface area contributed by atoms with Crippen molar-refractivity contribution in [1.82, 2.24) is 15.3 Å². The minimum absolute atomic E-state index is 0.0183. The van der Waals surface area contributed by atoms with Crippen LogP contribution in [0.2, 0.25) is 0 Å². The highest BCUT2D eigenvalue weighted by Crippen LogP contribution is 2.41. The van der Waals surface area contributed by atoms with Crippen molar-refractivity contribution in [2.75, 3.05) is 25.6 Å². The first-order chi connectivity index (χ1) is 15.6. The number of nitrogens with one attached hydrogen (secondary N) is 2. The number of benzene rings is 2. The Morgan fingerprint density at radius 3 is 2.53 bits per heavy atom. The summed E-state index contributed by atoms with van der Waals surface area (Å²) in [7, 11) is 1.55. The van der Waals surface area contributed by atoms with Gasteiger partial charge in [-0.3, -0.25) is 9.59 Å². The smallest absolute Gasteiger partial charge is 0.276 e. The van der Waals surface area contributed by atoms with Gasteiger partial charge in [-0.25, -0.2) is 9.97 Å². The van der Waals surface area contributed by atoms with Crippen LogP contribution in [0, 0.1) is 0 Å². The molecule has 1 unspecified atom stereocenters. The van der Waals surface area contributed by atoms with Gasteiger partial charge < -0.3 is 15.4 Å². The Bertz CT molecular complexity index is 1150. The summed E-state index contributed by atoms with van der Waals surface area (Å²) in [5.74, 6) is -0.450. The van der Waals surface area contributed by atoms with Crippen LogP contribution in [0.15, 0.2) is 54.9 Å². The van der Waals surface area contributed by atoms with E-state index >= 15 is 0 Å². The average Bonchev–Trinajstić information content (AvgIpc) is 2.83. The predicted octanol–water partition coefficient (Wildman–Crippen LogP) is 3.82. The molecule has 1 heterocycles. The molecule has 1 aliphatic rings. The largest absolute Gasteiger partial charge is 0.383 e. The lowest BCUT2D eigenvalue weighted by Crippen LogP contribution is -2.30. The Kier molecular flexibility index (Phi) is 6.56. The quantitative estimate of drug-likeness (QED) is 0.556. The molecule has 4 rings (SSSR count). The molecule has 0 saturated heterocycles. The molecule has 2 N–H and O–H groups in total. The second-order valence-electron chi connectivity index (χ2n) is 7.72. The topological polar surface area (TPSA) is 93.2 Å². The monoisotopic (exact) mass is 430 g/mol. The number of hydrogen-bond acceptors (Lipinski definition) is 5. The first kappa shape index (κ1) is 21.6. The number of fused-ring (bicyclic) bond motifs is 3. The fourth-order valence-electron chi connectivity index (χ4n) is 4.13. The fraction of sp³-hybridized carbons (Fsp3) is 0.280. The van der Waals surface area contributed by atoms with Crippen LogP contribution in [0.4, 0.5) is 5.69 Å². The highest BCUT2D eigenvalue weighted by Gasteiger charge is 2.24. The maximum atomic E-state index is 13.0. The predicted molar refractivity (Wildman–Crippen MR) is 123 cm³/mol. The number of rotatable bonds is 7. The third kappa shape index (κ3) is 4.38. The Morgan fingerprint density at radius 2 is 1.78 bits per heavy atom. The van der Waals surface area contributed by atoms with Crippen LogP contribution in [-0.2, 0) is 11.2 Å². The third-order valence-corrected chi connectivity index (χ3v) is 5.74. The molecule has 1 atom stereocenters. The van der Waals surface area contributed by atoms with E-state index in [1.807, 2.05) is 18.2 Å². The van der Waals surface area contributed by atoms with E-state index in [4.69, 9.17) is 4.74 Å². The van der Waals surface area contributed by atoms with E-state index in [0.29, 0.717) is 24.8 Å². The lowest BCUT2D eigenvalue weighted by Gasteiger charge is -2.27. The lowest BCUT2D eigenvalue weighted by atomic mass is 9.77. The fourth-order valence-corrected chi connectivity index (χ4v) is 4.13. The summed E-state index contributed by atoms with van der Waals surface area (Å²) in [5.41, 5.74) is 5.55. The molecule has 0 fully saturated rings. The molecule has 7 heteroatoms. The van der Waals surface area contributed by atoms with Crippen LogP contribution in [0.3, 0.4) is 0 Å². The summed E-state index contributed by atoms with van der Waals surface area (Å²) < 4.78 is 4.94. The second-order valence-corrected chi connectivity index (χ2v) is 7.72. The van der Waals surface area contributed by atoms with Crippen molar-refractivity contribution in [3.63, 3.8) is 0 Å². The summed E-state index contributed by atoms with van der Waals surface area (Å²) in [6, 6.07) is 14.4. The van der Waals surface area contributed by atoms with E-state index < -0.39 is 11.8 Å². The van der Waals surface area contributed by atoms with Gasteiger partial charge in [0.1, 0.15) is 0 Å². The molecule has 0 bridgehead atoms. The zero-order valence-corrected chi connectivity index (χ0v) is 18.2. The van der Waals surface area contributed by atoms with Gasteiger partial charge in [-0.15, -0.1) is 0 Å². The van der Waals surface area contributed by atoms with Crippen LogP contribution in [-0.4, -0.2) is 42.0 Å². The van der Waals surface area contributed by atoms with Gasteiger partial charge in [0.15, 0.2) is 11.4 Å². The number of hydrogen-bond donors (Lipinski definition) is 2. The molecule has 2 amide bonds. The number of amides is 2. The molecular weight excluding hydrogens is 404 g/mol. The number of carbonyl (C=O) groups is 2. The van der Waals surface area contributed by atoms with E-state index in [-0.39, 0.29) is 11.4 Å². The molecule has 3 aromatic rings. The van der Waals surface area contributed by atoms with Gasteiger partial charge >= 0.3 is 0 Å². The van der Waals surface area contributed by atoms with E-state index in [0.717, 1.165) is 18.4 Å². The zero-order valence-electron chi connectivity index (χ0n) is 18.2. The summed E-state index contributed by atoms with van der Waals surface area (Å²) in [5, 5.41) is 5.55. The molecule has 7 nitrogen and oxygen atoms in total. The number of aromatic nitrogens is 2. The number of ether oxygens (including phenoxy) is 1. The van der Waals surface area contributed by atoms with Crippen LogP contribution < -0.4 is 10.6 Å². The van der Waals surface area contributed by atoms with Gasteiger partial charge in [0.05, 0.1) is 6.61 Å². The second kappa shape index (κ2) is 9.70. The van der Waals surface area contributed by atoms with Crippen LogP contribution in [0.25, 0.3) is 11.1 Å². The van der Waals surface area contributed by atoms with Gasteiger partial charge in [-0.2, -0.15) is 0 Å². The Balaban J connectivity index is 1.58. The Hall–Kier alpha value is -3.58. The van der Waals surface area contributed by atoms with Crippen molar-refractivity contribution >= 4 is 17.5 Å². The first-order valence-corrected chi connectivity index (χ1v) is 10.7. The van der Waals surface area contributed by atoms with Crippen molar-refractivity contribution in [3.8, 4) is 11.1 Å². The van der Waals surface area contributed by atoms with E-state index in [2.05, 4.69) is 51.8 Å². The van der Waals surface area contributed by atoms with Gasteiger partial charge in [0.2, 0.25) is 0 Å². The maximum Gasteiger partial charge on any atom is 0.276 e. The molecule has 32 heavy (non-hydrogen) atoms. The molecule has 0 spiro atoms. The van der Waals surface area contributed by atoms with Gasteiger partial charge in [0.25, 0.3) is 11.8 Å². The minimum Gasteiger partial charge on any atom is -0.383 e. The maximum absolute atomic E-state index is 13.0. The number of nitrogens with zero attached hydrogens (tertiary/aromatic N) is 2. The van der Waals surface area contributed by atoms with Crippen molar-refractivity contribution in [2.45, 2.75) is 25.7 Å². The third-order valence-electron chi connectivity index (χ3n) is 5.74. The number of anilines is 1. The molecule has 0 radical (unpaired) electrons. The van der Waals surface area contributed by atoms with Crippen LogP contribution in [0.5, 0.6) is 0 Å². The average molecular weight is 431 g/mol. The molecule has 1 aromatic heterocycles. The molecule has 0 aliphatic heterocycles. The SMILES string of the molecule is CCC1Cc2ccc(NC(=O)c3nccnc3C(=O)NCCOC)cc2-c2ccccc21. The Labute approximate surface area is 187 Å². The summed E-state index contributed by atoms with van der Waals surface area (Å²) >= 11 is 0. The standard InChI is InChI=1S/C25H26N4O3/c1-3-16-14-17-8-9-18(15-21(17)20-7-5-4-6-19(16)20)29-25(31)23-22(26-10-11-27-23)24(30)28-12-13-32-2/h4-11,15-16H,3,12-14H2,1-2H3,(H,28,30)(H,29,31). The van der Waals surface area contributed by atoms with E-state index in [9.17, 15) is 9.59 Å². The van der Waals surface area contributed by atoms with E-state index in [1.165, 1.54) is 29.1 Å². The zero-order chi connectivity index (χ0) is 22.5. The Morgan fingerprint density at radius 1 is 1.03 bits per heavy atom. The molecule has 0 saturated carbocycles. The summed E-state index contributed by atoms with van der Waals surface area (Å²) in [4.78, 5) is 33.6. The number of methoxy groups -OCH3 is 1. The van der Waals surface area contributed by atoms with Gasteiger partial charge in [-0.1, -0.05) is 37.3 Å². The summed E-state index contributed by atoms with van der Waals surface area (Å²) in [6.45, 7) is 2.89. The van der Waals surface area contributed by atoms with Crippen molar-refractivity contribution in [2.24, 2.45) is 0 Å². The first-order valence-electron chi connectivity index (χ1n) is 10.7. The van der Waals surface area contributed by atoms with Crippen LogP contribution >= 0.6 is 0 Å². The van der Waals surface area contributed by atoms with Crippen molar-refractivity contribution < 1.29 is 14.3 Å². The molecule has 2 aromatic carbocycles. The minimum atomic E-state index is -0.481. The molecular formula is C25H26N4O3. The van der Waals surface area contributed by atoms with Gasteiger partial charge in [0, 0.05) is 31.7 Å². The summed E-state index contributed by atoms with van der Waals surface area (Å²) in [6.07, 6.45) is 4.85. The lowest BCUT2D eigenvalue weighted by molar-refractivity contribution is 0.0919. The molecule has 164 valence electrons. The van der Waals surface area contributed by atoms with Crippen molar-refractivity contribution in [3.05, 3.63) is 77.4 Å². The van der Waals surface area contributed by atoms with Crippen molar-refractivity contribution in [1.29, 1.82) is 0 Å². The van der Waals surface area contributed by atoms with Gasteiger partial charge in [-0.05, 0) is 53.1 Å². The normalized spacial score (nSPS) is 14.2. The highest BCUT2D eigenvalue weighted by atomic mass is 16.5. The van der Waals surface area contributed by atoms with E-state index in [1.54, 1.807) is 7.11 Å². The highest BCUT2D eigenvalue weighted by molar-refractivity contribution is 6.10. The van der Waals surface area contributed by atoms with Crippen LogP contribution in [0.1, 0.15) is 51.4 Å². The number of carbonyl (C=O) groups excluding carboxylic acids is 2. The molecule has 1 aliphatic carbocycles.